The van der Waals surface area contributed by atoms with Crippen molar-refractivity contribution in [3.8, 4) is 5.75 Å². The fourth-order valence-electron chi connectivity index (χ4n) is 5.34. The number of carbonyl (C=O) groups excluding carboxylic acids is 1. The molecule has 0 aliphatic rings. The van der Waals surface area contributed by atoms with E-state index in [1.165, 1.54) is 0 Å². The lowest BCUT2D eigenvalue weighted by Gasteiger charge is -2.32. The second kappa shape index (κ2) is 11.7. The van der Waals surface area contributed by atoms with Crippen molar-refractivity contribution < 1.29 is 14.3 Å². The van der Waals surface area contributed by atoms with Gasteiger partial charge in [0.2, 0.25) is 5.91 Å². The highest BCUT2D eigenvalue weighted by molar-refractivity contribution is 5.96. The van der Waals surface area contributed by atoms with E-state index < -0.39 is 0 Å². The van der Waals surface area contributed by atoms with Crippen LogP contribution in [-0.4, -0.2) is 35.2 Å². The molecule has 1 aromatic heterocycles. The fraction of sp³-hybridized carbons (Fsp3) is 0.273. The van der Waals surface area contributed by atoms with Crippen LogP contribution >= 0.6 is 0 Å². The molecule has 1 atom stereocenters. The molecule has 0 unspecified atom stereocenters. The molecule has 6 nitrogen and oxygen atoms in total. The van der Waals surface area contributed by atoms with E-state index >= 15 is 0 Å². The largest absolute Gasteiger partial charge is 0.485 e. The van der Waals surface area contributed by atoms with Crippen LogP contribution in [0.1, 0.15) is 30.8 Å². The second-order valence-corrected chi connectivity index (χ2v) is 9.87. The molecule has 0 N–H and O–H groups in total. The van der Waals surface area contributed by atoms with Gasteiger partial charge in [-0.15, -0.1) is 0 Å². The van der Waals surface area contributed by atoms with Crippen LogP contribution in [0.5, 0.6) is 5.75 Å². The first-order valence-corrected chi connectivity index (χ1v) is 13.5. The number of imidazole rings is 1. The van der Waals surface area contributed by atoms with E-state index in [0.29, 0.717) is 12.4 Å². The average Bonchev–Trinajstić information content (AvgIpc) is 3.30. The maximum atomic E-state index is 14.2. The summed E-state index contributed by atoms with van der Waals surface area (Å²) in [6.45, 7) is 7.03. The number of hydrogen-bond donors (Lipinski definition) is 0. The summed E-state index contributed by atoms with van der Waals surface area (Å²) in [4.78, 5) is 20.9. The van der Waals surface area contributed by atoms with Gasteiger partial charge in [0.15, 0.2) is 0 Å². The number of amides is 1. The summed E-state index contributed by atoms with van der Waals surface area (Å²) in [5, 5.41) is 2.16. The minimum Gasteiger partial charge on any atom is -0.485 e. The molecule has 0 bridgehead atoms. The third-order valence-electron chi connectivity index (χ3n) is 7.19. The third kappa shape index (κ3) is 5.38. The maximum Gasteiger partial charge on any atom is 0.247 e. The molecule has 0 aliphatic heterocycles. The zero-order valence-corrected chi connectivity index (χ0v) is 23.1. The van der Waals surface area contributed by atoms with Gasteiger partial charge in [-0.2, -0.15) is 0 Å². The van der Waals surface area contributed by atoms with Gasteiger partial charge in [-0.05, 0) is 55.0 Å². The number of rotatable bonds is 10. The topological polar surface area (TPSA) is 56.6 Å². The Morgan fingerprint density at radius 1 is 0.974 bits per heavy atom. The first-order chi connectivity index (χ1) is 19.0. The Hall–Kier alpha value is -4.16. The van der Waals surface area contributed by atoms with Crippen molar-refractivity contribution in [3.63, 3.8) is 0 Å². The molecule has 5 aromatic rings. The number of ether oxygens (including phenoxy) is 2. The Bertz CT molecular complexity index is 1600. The van der Waals surface area contributed by atoms with Gasteiger partial charge in [0.05, 0.1) is 29.4 Å². The van der Waals surface area contributed by atoms with E-state index in [4.69, 9.17) is 14.5 Å². The highest BCUT2D eigenvalue weighted by atomic mass is 16.5. The Morgan fingerprint density at radius 3 is 2.54 bits per heavy atom. The molecule has 0 fully saturated rings. The summed E-state index contributed by atoms with van der Waals surface area (Å²) < 4.78 is 13.8. The van der Waals surface area contributed by atoms with Gasteiger partial charge in [0.25, 0.3) is 0 Å². The molecule has 200 valence electrons. The van der Waals surface area contributed by atoms with Gasteiger partial charge < -0.3 is 18.9 Å². The highest BCUT2D eigenvalue weighted by Gasteiger charge is 2.27. The number of carbonyl (C=O) groups is 1. The number of aromatic nitrogens is 2. The molecular weight excluding hydrogens is 486 g/mol. The van der Waals surface area contributed by atoms with Crippen LogP contribution in [0.2, 0.25) is 0 Å². The van der Waals surface area contributed by atoms with E-state index in [2.05, 4.69) is 44.2 Å². The van der Waals surface area contributed by atoms with Gasteiger partial charge in [0.1, 0.15) is 24.7 Å². The van der Waals surface area contributed by atoms with E-state index in [1.807, 2.05) is 71.0 Å². The first-order valence-electron chi connectivity index (χ1n) is 13.5. The number of para-hydroxylation sites is 3. The molecule has 39 heavy (non-hydrogen) atoms. The van der Waals surface area contributed by atoms with Gasteiger partial charge in [0, 0.05) is 12.5 Å². The normalized spacial score (nSPS) is 12.1. The minimum atomic E-state index is -0.140. The predicted octanol–water partition coefficient (Wildman–Crippen LogP) is 6.71. The molecule has 1 amide bonds. The van der Waals surface area contributed by atoms with Gasteiger partial charge >= 0.3 is 0 Å². The van der Waals surface area contributed by atoms with Crippen molar-refractivity contribution in [2.24, 2.45) is 0 Å². The first kappa shape index (κ1) is 26.4. The molecule has 4 aromatic carbocycles. The van der Waals surface area contributed by atoms with Crippen molar-refractivity contribution in [2.75, 3.05) is 18.6 Å². The molecule has 6 heteroatoms. The number of methoxy groups -OCH3 is 1. The zero-order valence-electron chi connectivity index (χ0n) is 23.1. The highest BCUT2D eigenvalue weighted by Crippen LogP contribution is 2.30. The molecule has 0 radical (unpaired) electrons. The summed E-state index contributed by atoms with van der Waals surface area (Å²) in [5.74, 6) is 1.48. The Labute approximate surface area is 229 Å². The summed E-state index contributed by atoms with van der Waals surface area (Å²) in [7, 11) is 1.67. The lowest BCUT2D eigenvalue weighted by Crippen LogP contribution is -2.44. The minimum absolute atomic E-state index is 0.0156. The van der Waals surface area contributed by atoms with Crippen molar-refractivity contribution in [3.05, 3.63) is 102 Å². The van der Waals surface area contributed by atoms with Crippen molar-refractivity contribution >= 4 is 33.4 Å². The SMILES string of the molecule is CCc1cccc(C)c1N(C(=O)Cn1c(COc2cccc3ccccc23)nc2ccccc21)[C@H](C)COC. The van der Waals surface area contributed by atoms with Crippen LogP contribution in [0.25, 0.3) is 21.8 Å². The van der Waals surface area contributed by atoms with Gasteiger partial charge in [-0.1, -0.05) is 73.7 Å². The molecule has 5 rings (SSSR count). The average molecular weight is 522 g/mol. The summed E-state index contributed by atoms with van der Waals surface area (Å²) in [6, 6.07) is 28.2. The quantitative estimate of drug-likeness (QED) is 0.205. The molecule has 0 saturated heterocycles. The van der Waals surface area contributed by atoms with E-state index in [1.54, 1.807) is 7.11 Å². The summed E-state index contributed by atoms with van der Waals surface area (Å²) in [6.07, 6.45) is 0.832. The van der Waals surface area contributed by atoms with Crippen LogP contribution < -0.4 is 9.64 Å². The lowest BCUT2D eigenvalue weighted by molar-refractivity contribution is -0.119. The van der Waals surface area contributed by atoms with Crippen LogP contribution in [0.4, 0.5) is 5.69 Å². The van der Waals surface area contributed by atoms with Gasteiger partial charge in [-0.3, -0.25) is 4.79 Å². The molecule has 0 aliphatic carbocycles. The number of nitrogens with zero attached hydrogens (tertiary/aromatic N) is 3. The summed E-state index contributed by atoms with van der Waals surface area (Å²) >= 11 is 0. The molecule has 0 saturated carbocycles. The number of anilines is 1. The molecule has 1 heterocycles. The smallest absolute Gasteiger partial charge is 0.247 e. The zero-order chi connectivity index (χ0) is 27.4. The van der Waals surface area contributed by atoms with Crippen molar-refractivity contribution in [2.45, 2.75) is 46.4 Å². The van der Waals surface area contributed by atoms with Crippen LogP contribution in [-0.2, 0) is 29.1 Å². The van der Waals surface area contributed by atoms with Crippen molar-refractivity contribution in [1.82, 2.24) is 9.55 Å². The van der Waals surface area contributed by atoms with E-state index in [-0.39, 0.29) is 25.1 Å². The molecule has 0 spiro atoms. The number of benzene rings is 4. The van der Waals surface area contributed by atoms with E-state index in [9.17, 15) is 4.79 Å². The monoisotopic (exact) mass is 521 g/mol. The Morgan fingerprint density at radius 2 is 1.72 bits per heavy atom. The number of hydrogen-bond acceptors (Lipinski definition) is 4. The number of fused-ring (bicyclic) bond motifs is 2. The van der Waals surface area contributed by atoms with Crippen LogP contribution in [0.15, 0.2) is 84.9 Å². The maximum absolute atomic E-state index is 14.2. The van der Waals surface area contributed by atoms with E-state index in [0.717, 1.165) is 50.8 Å². The van der Waals surface area contributed by atoms with Crippen molar-refractivity contribution in [1.29, 1.82) is 0 Å². The number of aryl methyl sites for hydroxylation is 2. The predicted molar refractivity (Wildman–Crippen MR) is 157 cm³/mol. The Balaban J connectivity index is 1.51. The standard InChI is InChI=1S/C33H35N3O3/c1-5-25-14-10-12-23(2)33(25)36(24(3)21-38-4)32(37)20-35-29-18-9-8-17-28(29)34-31(35)22-39-30-19-11-15-26-13-6-7-16-27(26)30/h6-19,24H,5,20-22H2,1-4H3/t24-/m1/s1. The Kier molecular flexibility index (Phi) is 7.94. The lowest BCUT2D eigenvalue weighted by atomic mass is 10.0. The van der Waals surface area contributed by atoms with Crippen LogP contribution in [0.3, 0.4) is 0 Å². The van der Waals surface area contributed by atoms with Crippen LogP contribution in [0, 0.1) is 6.92 Å². The molecular formula is C33H35N3O3. The summed E-state index contributed by atoms with van der Waals surface area (Å²) in [5.41, 5.74) is 4.92. The fourth-order valence-corrected chi connectivity index (χ4v) is 5.34. The third-order valence-corrected chi connectivity index (χ3v) is 7.19. The van der Waals surface area contributed by atoms with Gasteiger partial charge in [-0.25, -0.2) is 4.98 Å². The second-order valence-electron chi connectivity index (χ2n) is 9.87.